The van der Waals surface area contributed by atoms with Crippen molar-refractivity contribution in [1.82, 2.24) is 5.32 Å². The zero-order valence-corrected chi connectivity index (χ0v) is 9.80. The number of benzene rings is 1. The van der Waals surface area contributed by atoms with Crippen LogP contribution in [-0.2, 0) is 0 Å². The molecule has 17 heavy (non-hydrogen) atoms. The van der Waals surface area contributed by atoms with Gasteiger partial charge in [0.05, 0.1) is 19.2 Å². The number of nitrogens with one attached hydrogen (secondary N) is 1. The Bertz CT molecular complexity index is 377. The lowest BCUT2D eigenvalue weighted by Gasteiger charge is -2.20. The molecule has 0 aromatic heterocycles. The van der Waals surface area contributed by atoms with E-state index in [0.29, 0.717) is 5.56 Å². The van der Waals surface area contributed by atoms with Gasteiger partial charge >= 0.3 is 6.18 Å². The third-order valence-electron chi connectivity index (χ3n) is 2.54. The Kier molecular flexibility index (Phi) is 4.54. The maximum absolute atomic E-state index is 12.1. The summed E-state index contributed by atoms with van der Waals surface area (Å²) < 4.78 is 36.3. The number of alkyl halides is 3. The first-order valence-electron chi connectivity index (χ1n) is 5.31. The minimum atomic E-state index is -4.27. The second-order valence-electron chi connectivity index (χ2n) is 4.09. The van der Waals surface area contributed by atoms with Gasteiger partial charge in [-0.05, 0) is 25.0 Å². The number of hydrogen-bond acceptors (Lipinski definition) is 2. The van der Waals surface area contributed by atoms with Gasteiger partial charge in [-0.3, -0.25) is 5.32 Å². The summed E-state index contributed by atoms with van der Waals surface area (Å²) in [5, 5.41) is 11.5. The molecule has 2 nitrogen and oxygen atoms in total. The minimum Gasteiger partial charge on any atom is -0.394 e. The van der Waals surface area contributed by atoms with E-state index in [1.165, 1.54) is 0 Å². The predicted octanol–water partition coefficient (Wildman–Crippen LogP) is 2.49. The van der Waals surface area contributed by atoms with Crippen LogP contribution in [0.3, 0.4) is 0 Å². The number of rotatable bonds is 4. The summed E-state index contributed by atoms with van der Waals surface area (Å²) in [5.74, 6) is 0. The highest BCUT2D eigenvalue weighted by atomic mass is 19.4. The monoisotopic (exact) mass is 247 g/mol. The number of aliphatic hydroxyl groups excluding tert-OH is 1. The van der Waals surface area contributed by atoms with E-state index in [1.54, 1.807) is 6.07 Å². The van der Waals surface area contributed by atoms with Gasteiger partial charge in [0.1, 0.15) is 0 Å². The number of aliphatic hydroxyl groups is 1. The van der Waals surface area contributed by atoms with Gasteiger partial charge in [-0.15, -0.1) is 0 Å². The van der Waals surface area contributed by atoms with Crippen molar-refractivity contribution >= 4 is 0 Å². The van der Waals surface area contributed by atoms with Crippen LogP contribution >= 0.6 is 0 Å². The molecule has 1 atom stereocenters. The molecule has 0 aliphatic carbocycles. The molecule has 0 fully saturated rings. The largest absolute Gasteiger partial charge is 0.401 e. The molecular weight excluding hydrogens is 231 g/mol. The summed E-state index contributed by atoms with van der Waals surface area (Å²) >= 11 is 0. The van der Waals surface area contributed by atoms with Crippen LogP contribution in [0.1, 0.15) is 22.7 Å². The zero-order chi connectivity index (χ0) is 13.1. The molecule has 0 spiro atoms. The van der Waals surface area contributed by atoms with Crippen molar-refractivity contribution in [2.24, 2.45) is 0 Å². The summed E-state index contributed by atoms with van der Waals surface area (Å²) in [6.07, 6.45) is -4.27. The Hall–Kier alpha value is -1.07. The van der Waals surface area contributed by atoms with Crippen LogP contribution < -0.4 is 5.32 Å². The third kappa shape index (κ3) is 4.36. The Morgan fingerprint density at radius 3 is 2.47 bits per heavy atom. The Balaban J connectivity index is 2.82. The number of aryl methyl sites for hydroxylation is 2. The fourth-order valence-electron chi connectivity index (χ4n) is 1.65. The molecule has 1 aromatic rings. The number of halogens is 3. The van der Waals surface area contributed by atoms with Gasteiger partial charge in [-0.2, -0.15) is 13.2 Å². The molecule has 5 heteroatoms. The molecule has 1 unspecified atom stereocenters. The molecule has 2 N–H and O–H groups in total. The first kappa shape index (κ1) is 14.0. The van der Waals surface area contributed by atoms with Crippen LogP contribution in [-0.4, -0.2) is 24.4 Å². The Morgan fingerprint density at radius 1 is 1.29 bits per heavy atom. The summed E-state index contributed by atoms with van der Waals surface area (Å²) in [5.41, 5.74) is 2.53. The highest BCUT2D eigenvalue weighted by Gasteiger charge is 2.28. The standard InChI is InChI=1S/C12H16F3NO/c1-8-3-4-9(2)10(5-8)11(6-17)16-7-12(13,14)15/h3-5,11,16-17H,6-7H2,1-2H3. The Labute approximate surface area is 98.5 Å². The van der Waals surface area contributed by atoms with Crippen molar-refractivity contribution in [2.45, 2.75) is 26.1 Å². The van der Waals surface area contributed by atoms with Gasteiger partial charge in [0.2, 0.25) is 0 Å². The van der Waals surface area contributed by atoms with Crippen LogP contribution in [0.25, 0.3) is 0 Å². The maximum Gasteiger partial charge on any atom is 0.401 e. The fraction of sp³-hybridized carbons (Fsp3) is 0.500. The first-order chi connectivity index (χ1) is 7.83. The van der Waals surface area contributed by atoms with E-state index in [0.717, 1.165) is 11.1 Å². The van der Waals surface area contributed by atoms with E-state index >= 15 is 0 Å². The topological polar surface area (TPSA) is 32.3 Å². The molecule has 0 aliphatic rings. The quantitative estimate of drug-likeness (QED) is 0.856. The lowest BCUT2D eigenvalue weighted by molar-refractivity contribution is -0.126. The zero-order valence-electron chi connectivity index (χ0n) is 9.80. The van der Waals surface area contributed by atoms with E-state index in [-0.39, 0.29) is 6.61 Å². The van der Waals surface area contributed by atoms with Crippen molar-refractivity contribution < 1.29 is 18.3 Å². The smallest absolute Gasteiger partial charge is 0.394 e. The average Bonchev–Trinajstić information content (AvgIpc) is 2.22. The molecule has 0 radical (unpaired) electrons. The van der Waals surface area contributed by atoms with Crippen LogP contribution in [0.15, 0.2) is 18.2 Å². The van der Waals surface area contributed by atoms with Crippen molar-refractivity contribution in [1.29, 1.82) is 0 Å². The molecule has 0 saturated heterocycles. The van der Waals surface area contributed by atoms with Crippen LogP contribution in [0.5, 0.6) is 0 Å². The summed E-state index contributed by atoms with van der Waals surface area (Å²) in [7, 11) is 0. The van der Waals surface area contributed by atoms with Gasteiger partial charge in [0.15, 0.2) is 0 Å². The van der Waals surface area contributed by atoms with Gasteiger partial charge < -0.3 is 5.11 Å². The van der Waals surface area contributed by atoms with Crippen LogP contribution in [0, 0.1) is 13.8 Å². The van der Waals surface area contributed by atoms with Crippen molar-refractivity contribution in [3.63, 3.8) is 0 Å². The molecule has 0 bridgehead atoms. The summed E-state index contributed by atoms with van der Waals surface area (Å²) in [4.78, 5) is 0. The van der Waals surface area contributed by atoms with E-state index in [9.17, 15) is 13.2 Å². The van der Waals surface area contributed by atoms with Crippen LogP contribution in [0.4, 0.5) is 13.2 Å². The normalized spacial score (nSPS) is 13.8. The molecule has 0 amide bonds. The van der Waals surface area contributed by atoms with Crippen molar-refractivity contribution in [3.8, 4) is 0 Å². The summed E-state index contributed by atoms with van der Waals surface area (Å²) in [6, 6.07) is 4.83. The molecule has 0 saturated carbocycles. The van der Waals surface area contributed by atoms with Crippen LogP contribution in [0.2, 0.25) is 0 Å². The highest BCUT2D eigenvalue weighted by Crippen LogP contribution is 2.21. The van der Waals surface area contributed by atoms with E-state index in [1.807, 2.05) is 26.0 Å². The third-order valence-corrected chi connectivity index (χ3v) is 2.54. The van der Waals surface area contributed by atoms with E-state index < -0.39 is 18.8 Å². The fourth-order valence-corrected chi connectivity index (χ4v) is 1.65. The molecule has 0 aliphatic heterocycles. The predicted molar refractivity (Wildman–Crippen MR) is 59.8 cm³/mol. The minimum absolute atomic E-state index is 0.361. The first-order valence-corrected chi connectivity index (χ1v) is 5.31. The highest BCUT2D eigenvalue weighted by molar-refractivity contribution is 5.33. The van der Waals surface area contributed by atoms with Gasteiger partial charge in [0.25, 0.3) is 0 Å². The Morgan fingerprint density at radius 2 is 1.94 bits per heavy atom. The SMILES string of the molecule is Cc1ccc(C)c(C(CO)NCC(F)(F)F)c1. The molecule has 1 rings (SSSR count). The van der Waals surface area contributed by atoms with Gasteiger partial charge in [0, 0.05) is 0 Å². The lowest BCUT2D eigenvalue weighted by atomic mass is 9.99. The molecule has 96 valence electrons. The summed E-state index contributed by atoms with van der Waals surface area (Å²) in [6.45, 7) is 2.21. The van der Waals surface area contributed by atoms with E-state index in [2.05, 4.69) is 5.32 Å². The van der Waals surface area contributed by atoms with Gasteiger partial charge in [-0.25, -0.2) is 0 Å². The molecule has 0 heterocycles. The second kappa shape index (κ2) is 5.51. The lowest BCUT2D eigenvalue weighted by Crippen LogP contribution is -2.34. The van der Waals surface area contributed by atoms with Gasteiger partial charge in [-0.1, -0.05) is 23.8 Å². The second-order valence-corrected chi connectivity index (χ2v) is 4.09. The van der Waals surface area contributed by atoms with Crippen molar-refractivity contribution in [2.75, 3.05) is 13.2 Å². The van der Waals surface area contributed by atoms with E-state index in [4.69, 9.17) is 5.11 Å². The molecule has 1 aromatic carbocycles. The average molecular weight is 247 g/mol. The number of hydrogen-bond donors (Lipinski definition) is 2. The molecular formula is C12H16F3NO. The maximum atomic E-state index is 12.1. The van der Waals surface area contributed by atoms with Crippen molar-refractivity contribution in [3.05, 3.63) is 34.9 Å².